The van der Waals surface area contributed by atoms with Crippen molar-refractivity contribution in [2.75, 3.05) is 0 Å². The molecule has 0 radical (unpaired) electrons. The quantitative estimate of drug-likeness (QED) is 0.785. The highest BCUT2D eigenvalue weighted by Crippen LogP contribution is 2.44. The molecule has 1 atom stereocenters. The Bertz CT molecular complexity index is 732. The lowest BCUT2D eigenvalue weighted by Crippen LogP contribution is -2.39. The summed E-state index contributed by atoms with van der Waals surface area (Å²) < 4.78 is 39.3. The van der Waals surface area contributed by atoms with E-state index in [9.17, 15) is 28.5 Å². The third-order valence-corrected chi connectivity index (χ3v) is 4.38. The molecule has 2 aromatic rings. The van der Waals surface area contributed by atoms with Crippen LogP contribution in [0, 0.1) is 0 Å². The first-order valence-corrected chi connectivity index (χ1v) is 7.30. The number of aliphatic hydroxyl groups is 1. The predicted octanol–water partition coefficient (Wildman–Crippen LogP) is 4.19. The van der Waals surface area contributed by atoms with Crippen LogP contribution in [0.15, 0.2) is 42.5 Å². The Hall–Kier alpha value is -2.21. The number of hydrogen-bond donors (Lipinski definition) is 3. The summed E-state index contributed by atoms with van der Waals surface area (Å²) in [5.41, 5.74) is -3.20. The van der Waals surface area contributed by atoms with Gasteiger partial charge in [0.15, 0.2) is 5.60 Å². The fourth-order valence-electron chi connectivity index (χ4n) is 2.51. The first kappa shape index (κ1) is 18.1. The van der Waals surface area contributed by atoms with Gasteiger partial charge in [-0.3, -0.25) is 0 Å². The van der Waals surface area contributed by atoms with E-state index in [0.29, 0.717) is 12.5 Å². The van der Waals surface area contributed by atoms with E-state index in [1.54, 1.807) is 26.0 Å². The van der Waals surface area contributed by atoms with Crippen LogP contribution in [0.5, 0.6) is 11.5 Å². The molecule has 1 unspecified atom stereocenters. The monoisotopic (exact) mass is 340 g/mol. The molecule has 0 fully saturated rings. The fourth-order valence-corrected chi connectivity index (χ4v) is 2.51. The minimum absolute atomic E-state index is 0.0842. The number of rotatable bonds is 3. The molecule has 3 nitrogen and oxygen atoms in total. The lowest BCUT2D eigenvalue weighted by molar-refractivity contribution is -0.259. The summed E-state index contributed by atoms with van der Waals surface area (Å²) in [6.45, 7) is 4.22. The van der Waals surface area contributed by atoms with Crippen LogP contribution < -0.4 is 0 Å². The van der Waals surface area contributed by atoms with Gasteiger partial charge in [-0.2, -0.15) is 13.2 Å². The zero-order valence-electron chi connectivity index (χ0n) is 13.5. The van der Waals surface area contributed by atoms with Crippen LogP contribution >= 0.6 is 0 Å². The van der Waals surface area contributed by atoms with Crippen LogP contribution in [0.4, 0.5) is 13.2 Å². The highest BCUT2D eigenvalue weighted by molar-refractivity contribution is 5.47. The molecule has 24 heavy (non-hydrogen) atoms. The number of benzene rings is 2. The number of phenols is 2. The number of hydrogen-bond acceptors (Lipinski definition) is 3. The van der Waals surface area contributed by atoms with E-state index in [1.165, 1.54) is 18.2 Å². The molecule has 2 rings (SSSR count). The highest BCUT2D eigenvalue weighted by atomic mass is 19.4. The Kier molecular flexibility index (Phi) is 4.31. The molecule has 0 heterocycles. The summed E-state index contributed by atoms with van der Waals surface area (Å²) in [6.07, 6.45) is -4.92. The average molecular weight is 340 g/mol. The molecular weight excluding hydrogens is 321 g/mol. The van der Waals surface area contributed by atoms with E-state index in [4.69, 9.17) is 0 Å². The fraction of sp³-hybridized carbons (Fsp3) is 0.333. The second kappa shape index (κ2) is 5.70. The first-order chi connectivity index (χ1) is 10.9. The minimum Gasteiger partial charge on any atom is -0.508 e. The van der Waals surface area contributed by atoms with Crippen LogP contribution in [-0.2, 0) is 11.0 Å². The van der Waals surface area contributed by atoms with Crippen molar-refractivity contribution in [1.29, 1.82) is 0 Å². The van der Waals surface area contributed by atoms with Gasteiger partial charge in [-0.1, -0.05) is 32.0 Å². The molecule has 6 heteroatoms. The van der Waals surface area contributed by atoms with Gasteiger partial charge in [-0.15, -0.1) is 0 Å². The lowest BCUT2D eigenvalue weighted by Gasteiger charge is -2.31. The van der Waals surface area contributed by atoms with Crippen molar-refractivity contribution in [3.63, 3.8) is 0 Å². The second-order valence-corrected chi connectivity index (χ2v) is 6.47. The van der Waals surface area contributed by atoms with Crippen molar-refractivity contribution in [2.45, 2.75) is 38.0 Å². The summed E-state index contributed by atoms with van der Waals surface area (Å²) in [5.74, 6) is -0.538. The van der Waals surface area contributed by atoms with Gasteiger partial charge < -0.3 is 15.3 Å². The van der Waals surface area contributed by atoms with Crippen molar-refractivity contribution in [3.05, 3.63) is 59.2 Å². The molecule has 130 valence electrons. The maximum atomic E-state index is 13.1. The molecule has 0 spiro atoms. The van der Waals surface area contributed by atoms with E-state index in [1.807, 2.05) is 0 Å². The highest BCUT2D eigenvalue weighted by Gasteiger charge is 2.52. The van der Waals surface area contributed by atoms with E-state index in [0.717, 1.165) is 17.7 Å². The maximum absolute atomic E-state index is 13.1. The number of phenolic OH excluding ortho intramolecular Hbond substituents is 2. The minimum atomic E-state index is -4.92. The Morgan fingerprint density at radius 2 is 1.29 bits per heavy atom. The molecule has 0 saturated heterocycles. The van der Waals surface area contributed by atoms with E-state index in [-0.39, 0.29) is 5.75 Å². The van der Waals surface area contributed by atoms with Gasteiger partial charge >= 0.3 is 6.18 Å². The van der Waals surface area contributed by atoms with Gasteiger partial charge in [0, 0.05) is 11.0 Å². The topological polar surface area (TPSA) is 60.7 Å². The lowest BCUT2D eigenvalue weighted by atomic mass is 9.76. The van der Waals surface area contributed by atoms with Crippen molar-refractivity contribution in [3.8, 4) is 11.5 Å². The van der Waals surface area contributed by atoms with Crippen LogP contribution in [0.1, 0.15) is 37.5 Å². The Balaban J connectivity index is 2.57. The molecule has 0 aliphatic heterocycles. The molecule has 0 aromatic heterocycles. The van der Waals surface area contributed by atoms with E-state index in [2.05, 4.69) is 0 Å². The normalized spacial score (nSPS) is 15.1. The van der Waals surface area contributed by atoms with Gasteiger partial charge in [-0.25, -0.2) is 0 Å². The smallest absolute Gasteiger partial charge is 0.421 e. The molecule has 0 saturated carbocycles. The van der Waals surface area contributed by atoms with Crippen LogP contribution in [0.25, 0.3) is 0 Å². The second-order valence-electron chi connectivity index (χ2n) is 6.47. The van der Waals surface area contributed by atoms with Crippen molar-refractivity contribution < 1.29 is 28.5 Å². The summed E-state index contributed by atoms with van der Waals surface area (Å²) in [4.78, 5) is 0. The first-order valence-electron chi connectivity index (χ1n) is 7.30. The summed E-state index contributed by atoms with van der Waals surface area (Å²) in [5, 5.41) is 29.1. The molecule has 0 aliphatic rings. The van der Waals surface area contributed by atoms with Gasteiger partial charge in [-0.05, 0) is 42.3 Å². The van der Waals surface area contributed by atoms with Crippen LogP contribution in [-0.4, -0.2) is 21.5 Å². The van der Waals surface area contributed by atoms with Gasteiger partial charge in [0.1, 0.15) is 11.5 Å². The summed E-state index contributed by atoms with van der Waals surface area (Å²) >= 11 is 0. The molecular formula is C18H19F3O3. The Morgan fingerprint density at radius 3 is 1.79 bits per heavy atom. The van der Waals surface area contributed by atoms with Crippen LogP contribution in [0.3, 0.4) is 0 Å². The zero-order valence-corrected chi connectivity index (χ0v) is 13.5. The molecule has 3 N–H and O–H groups in total. The standard InChI is InChI=1S/C18H19F3O3/c1-16(2,11-4-7-13(22)8-5-11)12-6-9-15(23)14(10-12)17(3,24)18(19,20)21/h4-10,22-24H,1-3H3. The van der Waals surface area contributed by atoms with Crippen molar-refractivity contribution in [1.82, 2.24) is 0 Å². The van der Waals surface area contributed by atoms with Crippen molar-refractivity contribution >= 4 is 0 Å². The number of alkyl halides is 3. The van der Waals surface area contributed by atoms with Gasteiger partial charge in [0.2, 0.25) is 0 Å². The largest absolute Gasteiger partial charge is 0.508 e. The third kappa shape index (κ3) is 3.06. The Labute approximate surface area is 138 Å². The van der Waals surface area contributed by atoms with Gasteiger partial charge in [0.05, 0.1) is 0 Å². The summed E-state index contributed by atoms with van der Waals surface area (Å²) in [7, 11) is 0. The molecule has 2 aromatic carbocycles. The molecule has 0 amide bonds. The average Bonchev–Trinajstić information content (AvgIpc) is 2.46. The SMILES string of the molecule is CC(C)(c1ccc(O)cc1)c1ccc(O)c(C(C)(O)C(F)(F)F)c1. The maximum Gasteiger partial charge on any atom is 0.421 e. The molecule has 0 aliphatic carbocycles. The number of aromatic hydroxyl groups is 2. The molecule has 0 bridgehead atoms. The number of halogens is 3. The van der Waals surface area contributed by atoms with Gasteiger partial charge in [0.25, 0.3) is 0 Å². The van der Waals surface area contributed by atoms with Crippen molar-refractivity contribution in [2.24, 2.45) is 0 Å². The van der Waals surface area contributed by atoms with Crippen LogP contribution in [0.2, 0.25) is 0 Å². The summed E-state index contributed by atoms with van der Waals surface area (Å²) in [6, 6.07) is 10.1. The predicted molar refractivity (Wildman–Crippen MR) is 84.0 cm³/mol. The third-order valence-electron chi connectivity index (χ3n) is 4.38. The zero-order chi connectivity index (χ0) is 18.3. The Morgan fingerprint density at radius 1 is 0.792 bits per heavy atom. The van der Waals surface area contributed by atoms with E-state index < -0.39 is 28.5 Å². The van der Waals surface area contributed by atoms with E-state index >= 15 is 0 Å².